The van der Waals surface area contributed by atoms with E-state index in [2.05, 4.69) is 13.8 Å². The first-order chi connectivity index (χ1) is 13.5. The Morgan fingerprint density at radius 2 is 0.571 bits per heavy atom. The number of carboxylic acids is 2. The van der Waals surface area contributed by atoms with Gasteiger partial charge in [-0.25, -0.2) is 0 Å². The zero-order valence-electron chi connectivity index (χ0n) is 19.4. The second kappa shape index (κ2) is 30.7. The Morgan fingerprint density at radius 1 is 0.429 bits per heavy atom. The van der Waals surface area contributed by atoms with Gasteiger partial charge in [-0.2, -0.15) is 0 Å². The molecule has 2 N–H and O–H groups in total. The fraction of sp³-hybridized carbons (Fsp3) is 0.917. The van der Waals surface area contributed by atoms with Gasteiger partial charge in [-0.1, -0.05) is 130 Å². The Hall–Kier alpha value is -1.06. The Morgan fingerprint density at radius 3 is 0.679 bits per heavy atom. The van der Waals surface area contributed by atoms with Crippen LogP contribution in [0.1, 0.15) is 143 Å². The van der Waals surface area contributed by atoms with E-state index in [0.717, 1.165) is 0 Å². The molecule has 4 heteroatoms. The molecule has 0 aromatic heterocycles. The highest BCUT2D eigenvalue weighted by atomic mass is 16.4. The Balaban J connectivity index is -0.000000512. The fourth-order valence-electron chi connectivity index (χ4n) is 2.62. The predicted molar refractivity (Wildman–Crippen MR) is 121 cm³/mol. The Bertz CT molecular complexity index is 273. The van der Waals surface area contributed by atoms with E-state index in [0.29, 0.717) is 0 Å². The molecule has 0 bridgehead atoms. The van der Waals surface area contributed by atoms with Crippen molar-refractivity contribution in [2.75, 3.05) is 0 Å². The maximum absolute atomic E-state index is 9.37. The van der Waals surface area contributed by atoms with Crippen molar-refractivity contribution in [3.05, 3.63) is 0 Å². The predicted octanol–water partition coefficient (Wildman–Crippen LogP) is 8.23. The van der Waals surface area contributed by atoms with Gasteiger partial charge < -0.3 is 10.2 Å². The molecule has 0 saturated heterocycles. The van der Waals surface area contributed by atoms with Crippen LogP contribution in [-0.4, -0.2) is 22.2 Å². The van der Waals surface area contributed by atoms with Crippen molar-refractivity contribution in [1.82, 2.24) is 0 Å². The van der Waals surface area contributed by atoms with Gasteiger partial charge in [-0.3, -0.25) is 9.59 Å². The lowest BCUT2D eigenvalue weighted by atomic mass is 10.0. The third kappa shape index (κ3) is 44.4. The summed E-state index contributed by atoms with van der Waals surface area (Å²) in [6, 6.07) is 0. The standard InChI is InChI=1S/C18H38.2C3H6O2/c1-3-5-7-9-11-13-15-17-18-16-14-12-10-8-6-4-2;2*1-2-3(4)5/h3-18H2,1-2H3;2*2H2,1H3,(H,4,5). The monoisotopic (exact) mass is 402 g/mol. The molecule has 0 fully saturated rings. The molecule has 0 aromatic rings. The number of unbranched alkanes of at least 4 members (excludes halogenated alkanes) is 15. The van der Waals surface area contributed by atoms with Crippen LogP contribution in [-0.2, 0) is 9.59 Å². The van der Waals surface area contributed by atoms with Gasteiger partial charge in [0, 0.05) is 12.8 Å². The molecule has 170 valence electrons. The van der Waals surface area contributed by atoms with Crippen LogP contribution in [0.5, 0.6) is 0 Å². The van der Waals surface area contributed by atoms with Gasteiger partial charge in [0.1, 0.15) is 0 Å². The van der Waals surface area contributed by atoms with Gasteiger partial charge >= 0.3 is 11.9 Å². The maximum atomic E-state index is 9.37. The first-order valence-corrected chi connectivity index (χ1v) is 11.9. The Labute approximate surface area is 175 Å². The smallest absolute Gasteiger partial charge is 0.303 e. The number of aliphatic carboxylic acids is 2. The third-order valence-electron chi connectivity index (χ3n) is 4.56. The number of hydrogen-bond donors (Lipinski definition) is 2. The van der Waals surface area contributed by atoms with Gasteiger partial charge in [0.05, 0.1) is 0 Å². The van der Waals surface area contributed by atoms with E-state index in [1.165, 1.54) is 103 Å². The molecule has 0 unspecified atom stereocenters. The molecule has 0 saturated carbocycles. The van der Waals surface area contributed by atoms with E-state index >= 15 is 0 Å². The van der Waals surface area contributed by atoms with Crippen molar-refractivity contribution in [2.45, 2.75) is 143 Å². The van der Waals surface area contributed by atoms with Crippen molar-refractivity contribution in [1.29, 1.82) is 0 Å². The van der Waals surface area contributed by atoms with E-state index in [9.17, 15) is 9.59 Å². The summed E-state index contributed by atoms with van der Waals surface area (Å²) in [5.41, 5.74) is 0. The number of hydrogen-bond acceptors (Lipinski definition) is 2. The van der Waals surface area contributed by atoms with Crippen molar-refractivity contribution in [3.8, 4) is 0 Å². The van der Waals surface area contributed by atoms with E-state index < -0.39 is 11.9 Å². The van der Waals surface area contributed by atoms with Gasteiger partial charge in [-0.05, 0) is 0 Å². The van der Waals surface area contributed by atoms with Crippen LogP contribution in [0.4, 0.5) is 0 Å². The summed E-state index contributed by atoms with van der Waals surface area (Å²) in [6.07, 6.45) is 23.9. The van der Waals surface area contributed by atoms with Crippen molar-refractivity contribution < 1.29 is 19.8 Å². The maximum Gasteiger partial charge on any atom is 0.303 e. The van der Waals surface area contributed by atoms with Crippen LogP contribution in [0.25, 0.3) is 0 Å². The summed E-state index contributed by atoms with van der Waals surface area (Å²) in [5, 5.41) is 15.4. The summed E-state index contributed by atoms with van der Waals surface area (Å²) in [4.78, 5) is 18.7. The molecular weight excluding hydrogens is 352 g/mol. The van der Waals surface area contributed by atoms with Gasteiger partial charge in [0.25, 0.3) is 0 Å². The van der Waals surface area contributed by atoms with Crippen LogP contribution < -0.4 is 0 Å². The Kier molecular flexibility index (Phi) is 34.6. The highest BCUT2D eigenvalue weighted by Gasteiger charge is 1.93. The lowest BCUT2D eigenvalue weighted by Gasteiger charge is -2.03. The van der Waals surface area contributed by atoms with Gasteiger partial charge in [0.2, 0.25) is 0 Å². The lowest BCUT2D eigenvalue weighted by Crippen LogP contribution is -1.86. The zero-order valence-corrected chi connectivity index (χ0v) is 19.4. The topological polar surface area (TPSA) is 74.6 Å². The summed E-state index contributed by atoms with van der Waals surface area (Å²) in [7, 11) is 0. The molecule has 4 nitrogen and oxygen atoms in total. The molecule has 0 aliphatic rings. The highest BCUT2D eigenvalue weighted by Crippen LogP contribution is 2.13. The minimum atomic E-state index is -0.745. The normalized spacial score (nSPS) is 9.71. The van der Waals surface area contributed by atoms with Crippen molar-refractivity contribution in [3.63, 3.8) is 0 Å². The molecule has 0 aliphatic carbocycles. The molecule has 0 rings (SSSR count). The zero-order chi connectivity index (χ0) is 21.9. The second-order valence-corrected chi connectivity index (χ2v) is 7.44. The minimum Gasteiger partial charge on any atom is -0.481 e. The number of carboxylic acid groups (broad SMARTS) is 2. The summed E-state index contributed by atoms with van der Waals surface area (Å²) in [6.45, 7) is 7.79. The SMILES string of the molecule is CCC(=O)O.CCC(=O)O.CCCCCCCCCCCCCCCCCC. The van der Waals surface area contributed by atoms with Gasteiger partial charge in [0.15, 0.2) is 0 Å². The quantitative estimate of drug-likeness (QED) is 0.240. The average Bonchev–Trinajstić information content (AvgIpc) is 2.69. The van der Waals surface area contributed by atoms with Crippen molar-refractivity contribution >= 4 is 11.9 Å². The summed E-state index contributed by atoms with van der Waals surface area (Å²) < 4.78 is 0. The van der Waals surface area contributed by atoms with Crippen molar-refractivity contribution in [2.24, 2.45) is 0 Å². The van der Waals surface area contributed by atoms with E-state index in [1.807, 2.05) is 0 Å². The summed E-state index contributed by atoms with van der Waals surface area (Å²) >= 11 is 0. The summed E-state index contributed by atoms with van der Waals surface area (Å²) in [5.74, 6) is -1.49. The van der Waals surface area contributed by atoms with E-state index in [1.54, 1.807) is 13.8 Å². The molecule has 0 radical (unpaired) electrons. The molecule has 0 amide bonds. The first-order valence-electron chi connectivity index (χ1n) is 11.9. The van der Waals surface area contributed by atoms with Crippen LogP contribution in [0.2, 0.25) is 0 Å². The molecule has 28 heavy (non-hydrogen) atoms. The lowest BCUT2D eigenvalue weighted by molar-refractivity contribution is -0.137. The highest BCUT2D eigenvalue weighted by molar-refractivity contribution is 5.66. The fourth-order valence-corrected chi connectivity index (χ4v) is 2.62. The number of carbonyl (C=O) groups is 2. The minimum absolute atomic E-state index is 0.222. The van der Waals surface area contributed by atoms with Crippen LogP contribution in [0.3, 0.4) is 0 Å². The van der Waals surface area contributed by atoms with Crippen LogP contribution in [0, 0.1) is 0 Å². The second-order valence-electron chi connectivity index (χ2n) is 7.44. The van der Waals surface area contributed by atoms with E-state index in [4.69, 9.17) is 10.2 Å². The number of rotatable bonds is 17. The molecule has 0 spiro atoms. The molecular formula is C24H50O4. The molecule has 0 aromatic carbocycles. The third-order valence-corrected chi connectivity index (χ3v) is 4.56. The van der Waals surface area contributed by atoms with Gasteiger partial charge in [-0.15, -0.1) is 0 Å². The molecule has 0 aliphatic heterocycles. The van der Waals surface area contributed by atoms with E-state index in [-0.39, 0.29) is 12.8 Å². The molecule has 0 heterocycles. The van der Waals surface area contributed by atoms with Crippen LogP contribution in [0.15, 0.2) is 0 Å². The first kappa shape index (κ1) is 31.6. The van der Waals surface area contributed by atoms with Crippen LogP contribution >= 0.6 is 0 Å². The largest absolute Gasteiger partial charge is 0.481 e. The average molecular weight is 403 g/mol. The molecule has 0 atom stereocenters.